The van der Waals surface area contributed by atoms with E-state index in [9.17, 15) is 22.0 Å². The Balaban J connectivity index is 3.05. The molecule has 0 bridgehead atoms. The fourth-order valence-corrected chi connectivity index (χ4v) is 2.09. The van der Waals surface area contributed by atoms with Crippen LogP contribution in [0.5, 0.6) is 0 Å². The number of benzene rings is 1. The first-order valence-corrected chi connectivity index (χ1v) is 6.94. The summed E-state index contributed by atoms with van der Waals surface area (Å²) in [4.78, 5) is 11.3. The average Bonchev–Trinajstić information content (AvgIpc) is 2.24. The minimum atomic E-state index is -3.96. The van der Waals surface area contributed by atoms with Crippen molar-refractivity contribution in [3.63, 3.8) is 0 Å². The smallest absolute Gasteiger partial charge is 0.255 e. The number of carbonyl (C=O) groups excluding carboxylic acids is 1. The first kappa shape index (κ1) is 15.0. The van der Waals surface area contributed by atoms with Crippen LogP contribution in [0.1, 0.15) is 10.4 Å². The van der Waals surface area contributed by atoms with Crippen LogP contribution in [-0.4, -0.2) is 27.3 Å². The largest absolute Gasteiger partial charge is 0.346 e. The Kier molecular flexibility index (Phi) is 4.77. The van der Waals surface area contributed by atoms with Gasteiger partial charge in [-0.3, -0.25) is 4.79 Å². The van der Waals surface area contributed by atoms with Gasteiger partial charge in [0.1, 0.15) is 0 Å². The molecule has 0 aliphatic rings. The molecule has 0 radical (unpaired) electrons. The number of halogens is 3. The third-order valence-electron chi connectivity index (χ3n) is 1.93. The van der Waals surface area contributed by atoms with E-state index in [2.05, 4.69) is 15.9 Å². The number of carbonyl (C=O) groups is 1. The summed E-state index contributed by atoms with van der Waals surface area (Å²) in [6.45, 7) is -0.815. The van der Waals surface area contributed by atoms with E-state index in [1.807, 2.05) is 5.32 Å². The van der Waals surface area contributed by atoms with Gasteiger partial charge in [-0.1, -0.05) is 0 Å². The molecule has 5 nitrogen and oxygen atoms in total. The molecule has 9 heteroatoms. The maximum absolute atomic E-state index is 11.9. The number of nitrogens with one attached hydrogen (secondary N) is 1. The van der Waals surface area contributed by atoms with Gasteiger partial charge in [0.25, 0.3) is 12.3 Å². The van der Waals surface area contributed by atoms with Gasteiger partial charge in [-0.05, 0) is 34.1 Å². The van der Waals surface area contributed by atoms with E-state index in [0.717, 1.165) is 6.07 Å². The number of sulfonamides is 1. The average molecular weight is 343 g/mol. The SMILES string of the molecule is NS(=O)(=O)c1ccc(Br)c(C(=O)NCC(F)F)c1. The Labute approximate surface area is 111 Å². The van der Waals surface area contributed by atoms with Crippen molar-refractivity contribution in [1.29, 1.82) is 0 Å². The third-order valence-corrected chi connectivity index (χ3v) is 3.53. The van der Waals surface area contributed by atoms with Crippen LogP contribution in [0.25, 0.3) is 0 Å². The van der Waals surface area contributed by atoms with Crippen molar-refractivity contribution >= 4 is 31.9 Å². The number of amides is 1. The fraction of sp³-hybridized carbons (Fsp3) is 0.222. The van der Waals surface area contributed by atoms with Crippen molar-refractivity contribution in [3.8, 4) is 0 Å². The van der Waals surface area contributed by atoms with Crippen molar-refractivity contribution in [2.45, 2.75) is 11.3 Å². The Morgan fingerprint density at radius 2 is 2.06 bits per heavy atom. The summed E-state index contributed by atoms with van der Waals surface area (Å²) in [6, 6.07) is 3.51. The summed E-state index contributed by atoms with van der Waals surface area (Å²) in [6.07, 6.45) is -2.69. The molecular weight excluding hydrogens is 334 g/mol. The van der Waals surface area contributed by atoms with Crippen LogP contribution in [0.15, 0.2) is 27.6 Å². The van der Waals surface area contributed by atoms with E-state index in [1.165, 1.54) is 12.1 Å². The molecule has 100 valence electrons. The number of primary sulfonamides is 1. The molecule has 0 saturated heterocycles. The first-order chi connectivity index (χ1) is 8.21. The van der Waals surface area contributed by atoms with E-state index >= 15 is 0 Å². The van der Waals surface area contributed by atoms with Gasteiger partial charge < -0.3 is 5.32 Å². The highest BCUT2D eigenvalue weighted by Gasteiger charge is 2.16. The van der Waals surface area contributed by atoms with Gasteiger partial charge in [0.05, 0.1) is 17.0 Å². The molecule has 0 saturated carbocycles. The molecule has 0 aliphatic heterocycles. The monoisotopic (exact) mass is 342 g/mol. The van der Waals surface area contributed by atoms with E-state index in [4.69, 9.17) is 5.14 Å². The Morgan fingerprint density at radius 1 is 1.44 bits per heavy atom. The van der Waals surface area contributed by atoms with Crippen molar-refractivity contribution in [2.75, 3.05) is 6.54 Å². The zero-order valence-electron chi connectivity index (χ0n) is 8.86. The van der Waals surface area contributed by atoms with Gasteiger partial charge in [0, 0.05) is 4.47 Å². The highest BCUT2D eigenvalue weighted by Crippen LogP contribution is 2.20. The molecule has 0 spiro atoms. The Morgan fingerprint density at radius 3 is 2.56 bits per heavy atom. The van der Waals surface area contributed by atoms with Crippen LogP contribution in [-0.2, 0) is 10.0 Å². The maximum Gasteiger partial charge on any atom is 0.255 e. The molecule has 1 aromatic rings. The van der Waals surface area contributed by atoms with E-state index < -0.39 is 28.9 Å². The number of hydrogen-bond acceptors (Lipinski definition) is 3. The molecule has 1 aromatic carbocycles. The molecule has 0 aliphatic carbocycles. The summed E-state index contributed by atoms with van der Waals surface area (Å²) in [5.41, 5.74) is -0.0813. The van der Waals surface area contributed by atoms with Gasteiger partial charge in [-0.15, -0.1) is 0 Å². The lowest BCUT2D eigenvalue weighted by molar-refractivity contribution is 0.0891. The summed E-state index contributed by atoms with van der Waals surface area (Å²) >= 11 is 3.02. The number of rotatable bonds is 4. The van der Waals surface area contributed by atoms with Crippen LogP contribution in [0, 0.1) is 0 Å². The minimum Gasteiger partial charge on any atom is -0.346 e. The van der Waals surface area contributed by atoms with Gasteiger partial charge in [-0.25, -0.2) is 22.3 Å². The van der Waals surface area contributed by atoms with Gasteiger partial charge in [0.15, 0.2) is 0 Å². The molecule has 1 amide bonds. The van der Waals surface area contributed by atoms with Crippen LogP contribution < -0.4 is 10.5 Å². The quantitative estimate of drug-likeness (QED) is 0.858. The zero-order valence-corrected chi connectivity index (χ0v) is 11.3. The van der Waals surface area contributed by atoms with Crippen LogP contribution in [0.2, 0.25) is 0 Å². The van der Waals surface area contributed by atoms with E-state index in [0.29, 0.717) is 0 Å². The van der Waals surface area contributed by atoms with Crippen molar-refractivity contribution < 1.29 is 22.0 Å². The van der Waals surface area contributed by atoms with E-state index in [-0.39, 0.29) is 14.9 Å². The first-order valence-electron chi connectivity index (χ1n) is 4.60. The predicted octanol–water partition coefficient (Wildman–Crippen LogP) is 1.09. The molecule has 0 unspecified atom stereocenters. The fourth-order valence-electron chi connectivity index (χ4n) is 1.12. The predicted molar refractivity (Wildman–Crippen MR) is 63.9 cm³/mol. The second kappa shape index (κ2) is 5.72. The standard InChI is InChI=1S/C9H9BrF2N2O3S/c10-7-2-1-5(18(13,16)17)3-6(7)9(15)14-4-8(11)12/h1-3,8H,4H2,(H,14,15)(H2,13,16,17). The highest BCUT2D eigenvalue weighted by atomic mass is 79.9. The lowest BCUT2D eigenvalue weighted by Crippen LogP contribution is -2.29. The zero-order chi connectivity index (χ0) is 13.9. The Bertz CT molecular complexity index is 563. The molecular formula is C9H9BrF2N2O3S. The lowest BCUT2D eigenvalue weighted by atomic mass is 10.2. The van der Waals surface area contributed by atoms with Crippen molar-refractivity contribution in [1.82, 2.24) is 5.32 Å². The highest BCUT2D eigenvalue weighted by molar-refractivity contribution is 9.10. The second-order valence-corrected chi connectivity index (χ2v) is 5.70. The lowest BCUT2D eigenvalue weighted by Gasteiger charge is -2.07. The van der Waals surface area contributed by atoms with Gasteiger partial charge >= 0.3 is 0 Å². The maximum atomic E-state index is 11.9. The molecule has 0 aromatic heterocycles. The number of alkyl halides is 2. The van der Waals surface area contributed by atoms with Crippen LogP contribution in [0.3, 0.4) is 0 Å². The Hall–Kier alpha value is -1.06. The molecule has 0 heterocycles. The van der Waals surface area contributed by atoms with Gasteiger partial charge in [-0.2, -0.15) is 0 Å². The summed E-state index contributed by atoms with van der Waals surface area (Å²) < 4.78 is 46.3. The van der Waals surface area contributed by atoms with Crippen LogP contribution >= 0.6 is 15.9 Å². The topological polar surface area (TPSA) is 89.3 Å². The summed E-state index contributed by atoms with van der Waals surface area (Å²) in [7, 11) is -3.96. The molecule has 0 atom stereocenters. The normalized spacial score (nSPS) is 11.6. The third kappa shape index (κ3) is 4.00. The number of nitrogens with two attached hydrogens (primary N) is 1. The van der Waals surface area contributed by atoms with Crippen LogP contribution in [0.4, 0.5) is 8.78 Å². The summed E-state index contributed by atoms with van der Waals surface area (Å²) in [5.74, 6) is -0.812. The van der Waals surface area contributed by atoms with Crippen molar-refractivity contribution in [2.24, 2.45) is 5.14 Å². The summed E-state index contributed by atoms with van der Waals surface area (Å²) in [5, 5.41) is 6.87. The molecule has 1 rings (SSSR count). The second-order valence-electron chi connectivity index (χ2n) is 3.29. The molecule has 3 N–H and O–H groups in total. The number of hydrogen-bond donors (Lipinski definition) is 2. The van der Waals surface area contributed by atoms with E-state index in [1.54, 1.807) is 0 Å². The molecule has 0 fully saturated rings. The van der Waals surface area contributed by atoms with Crippen molar-refractivity contribution in [3.05, 3.63) is 28.2 Å². The van der Waals surface area contributed by atoms with Gasteiger partial charge in [0.2, 0.25) is 10.0 Å². The minimum absolute atomic E-state index is 0.0813. The molecule has 18 heavy (non-hydrogen) atoms.